The molecule has 0 unspecified atom stereocenters. The van der Waals surface area contributed by atoms with Crippen molar-refractivity contribution in [2.75, 3.05) is 13.2 Å². The minimum absolute atomic E-state index is 0.0882. The highest BCUT2D eigenvalue weighted by Gasteiger charge is 2.18. The number of carbonyl (C=O) groups is 1. The lowest BCUT2D eigenvalue weighted by atomic mass is 10.1. The maximum Gasteiger partial charge on any atom is 0.258 e. The van der Waals surface area contributed by atoms with Crippen molar-refractivity contribution < 1.29 is 14.3 Å². The molecule has 0 saturated carbocycles. The summed E-state index contributed by atoms with van der Waals surface area (Å²) in [5.74, 6) is 0.921. The Bertz CT molecular complexity index is 657. The number of hydrogen-bond donors (Lipinski definition) is 2. The van der Waals surface area contributed by atoms with Crippen LogP contribution in [-0.4, -0.2) is 24.6 Å². The lowest BCUT2D eigenvalue weighted by molar-refractivity contribution is -0.124. The van der Waals surface area contributed by atoms with Gasteiger partial charge in [-0.05, 0) is 31.5 Å². The van der Waals surface area contributed by atoms with Crippen molar-refractivity contribution in [3.05, 3.63) is 60.2 Å². The summed E-state index contributed by atoms with van der Waals surface area (Å²) in [6, 6.07) is 17.2. The van der Waals surface area contributed by atoms with Crippen molar-refractivity contribution in [1.29, 1.82) is 0 Å². The number of rotatable bonds is 8. The molecule has 0 saturated heterocycles. The molecular formula is C19H24N2O3. The summed E-state index contributed by atoms with van der Waals surface area (Å²) in [5.41, 5.74) is 6.22. The van der Waals surface area contributed by atoms with Gasteiger partial charge in [0.2, 0.25) is 0 Å². The topological polar surface area (TPSA) is 73.6 Å². The summed E-state index contributed by atoms with van der Waals surface area (Å²) in [6.45, 7) is 4.43. The Morgan fingerprint density at radius 2 is 1.58 bits per heavy atom. The second-order valence-corrected chi connectivity index (χ2v) is 6.15. The van der Waals surface area contributed by atoms with Gasteiger partial charge in [-0.2, -0.15) is 0 Å². The molecule has 2 rings (SSSR count). The van der Waals surface area contributed by atoms with Gasteiger partial charge in [0, 0.05) is 12.1 Å². The number of para-hydroxylation sites is 2. The maximum atomic E-state index is 11.9. The highest BCUT2D eigenvalue weighted by molar-refractivity contribution is 5.78. The Morgan fingerprint density at radius 3 is 2.21 bits per heavy atom. The first-order chi connectivity index (χ1) is 11.5. The minimum atomic E-state index is -0.455. The summed E-state index contributed by atoms with van der Waals surface area (Å²) >= 11 is 0. The molecule has 128 valence electrons. The van der Waals surface area contributed by atoms with E-state index < -0.39 is 5.54 Å². The predicted molar refractivity (Wildman–Crippen MR) is 94.0 cm³/mol. The van der Waals surface area contributed by atoms with Crippen LogP contribution >= 0.6 is 0 Å². The predicted octanol–water partition coefficient (Wildman–Crippen LogP) is 2.50. The van der Waals surface area contributed by atoms with E-state index in [-0.39, 0.29) is 12.5 Å². The third-order valence-corrected chi connectivity index (χ3v) is 3.43. The van der Waals surface area contributed by atoms with E-state index in [1.54, 1.807) is 6.07 Å². The average Bonchev–Trinajstić information content (AvgIpc) is 2.59. The van der Waals surface area contributed by atoms with Gasteiger partial charge in [-0.25, -0.2) is 0 Å². The van der Waals surface area contributed by atoms with Crippen LogP contribution in [0.5, 0.6) is 11.5 Å². The van der Waals surface area contributed by atoms with Crippen LogP contribution in [0, 0.1) is 0 Å². The molecule has 0 spiro atoms. The number of carbonyl (C=O) groups excluding carboxylic acids is 1. The third-order valence-electron chi connectivity index (χ3n) is 3.43. The molecule has 5 nitrogen and oxygen atoms in total. The fraction of sp³-hybridized carbons (Fsp3) is 0.316. The largest absolute Gasteiger partial charge is 0.485 e. The van der Waals surface area contributed by atoms with Crippen LogP contribution < -0.4 is 20.5 Å². The summed E-state index contributed by atoms with van der Waals surface area (Å²) < 4.78 is 11.4. The third kappa shape index (κ3) is 5.59. The molecule has 0 heterocycles. The lowest BCUT2D eigenvalue weighted by Gasteiger charge is -2.24. The minimum Gasteiger partial charge on any atom is -0.485 e. The highest BCUT2D eigenvalue weighted by Crippen LogP contribution is 2.27. The fourth-order valence-corrected chi connectivity index (χ4v) is 2.03. The van der Waals surface area contributed by atoms with Crippen LogP contribution in [-0.2, 0) is 11.4 Å². The summed E-state index contributed by atoms with van der Waals surface area (Å²) in [7, 11) is 0. The second-order valence-electron chi connectivity index (χ2n) is 6.15. The van der Waals surface area contributed by atoms with Gasteiger partial charge < -0.3 is 20.5 Å². The standard InChI is InChI=1S/C19H24N2O3/c1-19(2,14-20)21-18(22)13-24-17-11-7-6-10-16(17)23-12-15-8-4-3-5-9-15/h3-11H,12-14,20H2,1-2H3,(H,21,22). The van der Waals surface area contributed by atoms with Crippen LogP contribution in [0.25, 0.3) is 0 Å². The first kappa shape index (κ1) is 17.8. The van der Waals surface area contributed by atoms with Gasteiger partial charge in [0.05, 0.1) is 0 Å². The molecule has 1 amide bonds. The van der Waals surface area contributed by atoms with Gasteiger partial charge >= 0.3 is 0 Å². The number of amides is 1. The van der Waals surface area contributed by atoms with E-state index in [9.17, 15) is 4.79 Å². The normalized spacial score (nSPS) is 11.0. The van der Waals surface area contributed by atoms with Crippen LogP contribution in [0.3, 0.4) is 0 Å². The molecule has 0 fully saturated rings. The van der Waals surface area contributed by atoms with Crippen LogP contribution in [0.2, 0.25) is 0 Å². The molecule has 2 aromatic carbocycles. The molecule has 24 heavy (non-hydrogen) atoms. The van der Waals surface area contributed by atoms with Crippen molar-refractivity contribution in [2.45, 2.75) is 26.0 Å². The quantitative estimate of drug-likeness (QED) is 0.781. The Hall–Kier alpha value is -2.53. The van der Waals surface area contributed by atoms with E-state index in [1.165, 1.54) is 0 Å². The molecule has 3 N–H and O–H groups in total. The van der Waals surface area contributed by atoms with Gasteiger partial charge in [-0.3, -0.25) is 4.79 Å². The molecule has 0 bridgehead atoms. The zero-order valence-corrected chi connectivity index (χ0v) is 14.1. The van der Waals surface area contributed by atoms with Gasteiger partial charge in [-0.15, -0.1) is 0 Å². The van der Waals surface area contributed by atoms with E-state index in [1.807, 2.05) is 62.4 Å². The molecule has 0 aromatic heterocycles. The fourth-order valence-electron chi connectivity index (χ4n) is 2.03. The molecule has 2 aromatic rings. The van der Waals surface area contributed by atoms with Gasteiger partial charge in [0.1, 0.15) is 6.61 Å². The maximum absolute atomic E-state index is 11.9. The number of nitrogens with two attached hydrogens (primary N) is 1. The van der Waals surface area contributed by atoms with Crippen molar-refractivity contribution in [1.82, 2.24) is 5.32 Å². The van der Waals surface area contributed by atoms with E-state index in [0.29, 0.717) is 24.7 Å². The van der Waals surface area contributed by atoms with Gasteiger partial charge in [0.15, 0.2) is 18.1 Å². The van der Waals surface area contributed by atoms with Crippen LogP contribution in [0.1, 0.15) is 19.4 Å². The smallest absolute Gasteiger partial charge is 0.258 e. The van der Waals surface area contributed by atoms with Crippen LogP contribution in [0.4, 0.5) is 0 Å². The first-order valence-electron chi connectivity index (χ1n) is 7.90. The Morgan fingerprint density at radius 1 is 1.00 bits per heavy atom. The van der Waals surface area contributed by atoms with E-state index >= 15 is 0 Å². The highest BCUT2D eigenvalue weighted by atomic mass is 16.5. The molecule has 0 aliphatic heterocycles. The summed E-state index contributed by atoms with van der Waals surface area (Å²) in [5, 5.41) is 2.82. The molecule has 0 radical (unpaired) electrons. The monoisotopic (exact) mass is 328 g/mol. The first-order valence-corrected chi connectivity index (χ1v) is 7.90. The Kier molecular flexibility index (Phi) is 6.21. The Balaban J connectivity index is 1.92. The molecular weight excluding hydrogens is 304 g/mol. The van der Waals surface area contributed by atoms with Crippen LogP contribution in [0.15, 0.2) is 54.6 Å². The van der Waals surface area contributed by atoms with E-state index in [2.05, 4.69) is 5.32 Å². The molecule has 0 aliphatic rings. The zero-order valence-electron chi connectivity index (χ0n) is 14.1. The summed E-state index contributed by atoms with van der Waals surface area (Å²) in [6.07, 6.45) is 0. The van der Waals surface area contributed by atoms with E-state index in [4.69, 9.17) is 15.2 Å². The Labute approximate surface area is 142 Å². The molecule has 5 heteroatoms. The number of hydrogen-bond acceptors (Lipinski definition) is 4. The average molecular weight is 328 g/mol. The van der Waals surface area contributed by atoms with Crippen molar-refractivity contribution >= 4 is 5.91 Å². The molecule has 0 atom stereocenters. The van der Waals surface area contributed by atoms with Crippen molar-refractivity contribution in [3.63, 3.8) is 0 Å². The lowest BCUT2D eigenvalue weighted by Crippen LogP contribution is -2.50. The summed E-state index contributed by atoms with van der Waals surface area (Å²) in [4.78, 5) is 11.9. The number of nitrogens with one attached hydrogen (secondary N) is 1. The van der Waals surface area contributed by atoms with Crippen molar-refractivity contribution in [3.8, 4) is 11.5 Å². The SMILES string of the molecule is CC(C)(CN)NC(=O)COc1ccccc1OCc1ccccc1. The van der Waals surface area contributed by atoms with E-state index in [0.717, 1.165) is 5.56 Å². The van der Waals surface area contributed by atoms with Gasteiger partial charge in [-0.1, -0.05) is 42.5 Å². The molecule has 0 aliphatic carbocycles. The van der Waals surface area contributed by atoms with Gasteiger partial charge in [0.25, 0.3) is 5.91 Å². The second kappa shape index (κ2) is 8.36. The zero-order chi connectivity index (χ0) is 17.4. The number of ether oxygens (including phenoxy) is 2. The number of benzene rings is 2. The van der Waals surface area contributed by atoms with Crippen molar-refractivity contribution in [2.24, 2.45) is 5.73 Å².